The predicted octanol–water partition coefficient (Wildman–Crippen LogP) is 1.27. The van der Waals surface area contributed by atoms with Crippen LogP contribution in [0.2, 0.25) is 0 Å². The number of sulfonamides is 1. The minimum absolute atomic E-state index is 0.334. The third-order valence-corrected chi connectivity index (χ3v) is 3.83. The Hall–Kier alpha value is -0.910. The fourth-order valence-corrected chi connectivity index (χ4v) is 2.64. The van der Waals surface area contributed by atoms with Gasteiger partial charge >= 0.3 is 0 Å². The molecule has 0 spiro atoms. The number of nitrogens with one attached hydrogen (secondary N) is 2. The van der Waals surface area contributed by atoms with E-state index in [1.807, 2.05) is 19.9 Å². The molecule has 1 rings (SSSR count). The van der Waals surface area contributed by atoms with Gasteiger partial charge in [0.2, 0.25) is 10.0 Å². The molecule has 0 aliphatic carbocycles. The molecule has 0 atom stereocenters. The van der Waals surface area contributed by atoms with Gasteiger partial charge in [-0.3, -0.25) is 0 Å². The van der Waals surface area contributed by atoms with Crippen molar-refractivity contribution in [3.8, 4) is 0 Å². The van der Waals surface area contributed by atoms with Crippen molar-refractivity contribution in [2.75, 3.05) is 19.6 Å². The zero-order valence-corrected chi connectivity index (χ0v) is 11.2. The lowest BCUT2D eigenvalue weighted by atomic mass is 10.2. The fraction of sp³-hybridized carbons (Fsp3) is 0.500. The average molecular weight is 256 g/mol. The Bertz CT molecular complexity index is 444. The highest BCUT2D eigenvalue weighted by Gasteiger charge is 2.12. The first kappa shape index (κ1) is 14.2. The number of hydrogen-bond acceptors (Lipinski definition) is 3. The molecule has 0 saturated heterocycles. The van der Waals surface area contributed by atoms with E-state index in [0.29, 0.717) is 11.4 Å². The second-order valence-electron chi connectivity index (χ2n) is 3.92. The molecule has 0 saturated carbocycles. The van der Waals surface area contributed by atoms with E-state index in [1.54, 1.807) is 18.2 Å². The van der Waals surface area contributed by atoms with Crippen LogP contribution in [-0.2, 0) is 10.0 Å². The molecule has 5 heteroatoms. The first-order valence-corrected chi connectivity index (χ1v) is 7.31. The van der Waals surface area contributed by atoms with Gasteiger partial charge in [0, 0.05) is 6.54 Å². The van der Waals surface area contributed by atoms with Gasteiger partial charge in [-0.2, -0.15) is 0 Å². The standard InChI is InChI=1S/C12H20N2O2S/c1-3-13-8-5-9-14-17(15,16)12-7-4-6-11(2)10-12/h4,6-7,10,13-14H,3,5,8-9H2,1-2H3. The van der Waals surface area contributed by atoms with Crippen molar-refractivity contribution in [1.82, 2.24) is 10.0 Å². The van der Waals surface area contributed by atoms with Crippen molar-refractivity contribution in [3.05, 3.63) is 29.8 Å². The van der Waals surface area contributed by atoms with Crippen LogP contribution in [0.4, 0.5) is 0 Å². The minimum atomic E-state index is -3.35. The molecule has 0 amide bonds. The van der Waals surface area contributed by atoms with Gasteiger partial charge in [0.05, 0.1) is 4.90 Å². The quantitative estimate of drug-likeness (QED) is 0.722. The molecule has 0 unspecified atom stereocenters. The lowest BCUT2D eigenvalue weighted by Gasteiger charge is -2.07. The summed E-state index contributed by atoms with van der Waals surface area (Å²) in [7, 11) is -3.35. The molecule has 0 fully saturated rings. The summed E-state index contributed by atoms with van der Waals surface area (Å²) in [4.78, 5) is 0.334. The highest BCUT2D eigenvalue weighted by molar-refractivity contribution is 7.89. The topological polar surface area (TPSA) is 58.2 Å². The van der Waals surface area contributed by atoms with E-state index < -0.39 is 10.0 Å². The molecule has 17 heavy (non-hydrogen) atoms. The molecule has 0 bridgehead atoms. The normalized spacial score (nSPS) is 11.6. The van der Waals surface area contributed by atoms with E-state index in [1.165, 1.54) is 0 Å². The molecular weight excluding hydrogens is 236 g/mol. The maximum Gasteiger partial charge on any atom is 0.240 e. The van der Waals surface area contributed by atoms with E-state index in [2.05, 4.69) is 10.0 Å². The van der Waals surface area contributed by atoms with Crippen LogP contribution in [0.25, 0.3) is 0 Å². The second kappa shape index (κ2) is 6.74. The van der Waals surface area contributed by atoms with Gasteiger partial charge in [0.25, 0.3) is 0 Å². The van der Waals surface area contributed by atoms with Crippen LogP contribution in [0.5, 0.6) is 0 Å². The Kier molecular flexibility index (Phi) is 5.61. The highest BCUT2D eigenvalue weighted by atomic mass is 32.2. The smallest absolute Gasteiger partial charge is 0.240 e. The molecule has 4 nitrogen and oxygen atoms in total. The predicted molar refractivity (Wildman–Crippen MR) is 69.5 cm³/mol. The molecule has 0 aromatic heterocycles. The molecule has 1 aromatic carbocycles. The summed E-state index contributed by atoms with van der Waals surface area (Å²) in [5, 5.41) is 3.15. The van der Waals surface area contributed by atoms with E-state index in [-0.39, 0.29) is 0 Å². The van der Waals surface area contributed by atoms with Crippen molar-refractivity contribution in [2.24, 2.45) is 0 Å². The summed E-state index contributed by atoms with van der Waals surface area (Å²) in [6.45, 7) is 6.10. The zero-order valence-electron chi connectivity index (χ0n) is 10.4. The number of hydrogen-bond donors (Lipinski definition) is 2. The van der Waals surface area contributed by atoms with Crippen LogP contribution >= 0.6 is 0 Å². The summed E-state index contributed by atoms with van der Waals surface area (Å²) >= 11 is 0. The van der Waals surface area contributed by atoms with Crippen molar-refractivity contribution < 1.29 is 8.42 Å². The summed E-state index contributed by atoms with van der Waals surface area (Å²) in [5.41, 5.74) is 0.945. The highest BCUT2D eigenvalue weighted by Crippen LogP contribution is 2.10. The lowest BCUT2D eigenvalue weighted by molar-refractivity contribution is 0.575. The van der Waals surface area contributed by atoms with E-state index >= 15 is 0 Å². The SMILES string of the molecule is CCNCCCNS(=O)(=O)c1cccc(C)c1. The third kappa shape index (κ3) is 4.85. The molecule has 1 aromatic rings. The van der Waals surface area contributed by atoms with Gasteiger partial charge in [-0.15, -0.1) is 0 Å². The molecule has 0 heterocycles. The number of aryl methyl sites for hydroxylation is 1. The van der Waals surface area contributed by atoms with Crippen molar-refractivity contribution in [3.63, 3.8) is 0 Å². The first-order chi connectivity index (χ1) is 8.06. The third-order valence-electron chi connectivity index (χ3n) is 2.37. The molecule has 96 valence electrons. The average Bonchev–Trinajstić information content (AvgIpc) is 2.29. The lowest BCUT2D eigenvalue weighted by Crippen LogP contribution is -2.27. The largest absolute Gasteiger partial charge is 0.317 e. The number of rotatable bonds is 7. The molecule has 0 aliphatic heterocycles. The molecule has 2 N–H and O–H groups in total. The zero-order chi connectivity index (χ0) is 12.7. The fourth-order valence-electron chi connectivity index (χ4n) is 1.46. The maximum atomic E-state index is 11.9. The van der Waals surface area contributed by atoms with Gasteiger partial charge in [0.1, 0.15) is 0 Å². The van der Waals surface area contributed by atoms with E-state index in [0.717, 1.165) is 25.1 Å². The molecular formula is C12H20N2O2S. The van der Waals surface area contributed by atoms with Crippen LogP contribution in [0.3, 0.4) is 0 Å². The van der Waals surface area contributed by atoms with E-state index in [4.69, 9.17) is 0 Å². The summed E-state index contributed by atoms with van der Waals surface area (Å²) in [6, 6.07) is 6.92. The van der Waals surface area contributed by atoms with Crippen LogP contribution in [0, 0.1) is 6.92 Å². The molecule has 0 radical (unpaired) electrons. The monoisotopic (exact) mass is 256 g/mol. The van der Waals surface area contributed by atoms with E-state index in [9.17, 15) is 8.42 Å². The van der Waals surface area contributed by atoms with Crippen molar-refractivity contribution in [1.29, 1.82) is 0 Å². The van der Waals surface area contributed by atoms with Gasteiger partial charge in [-0.05, 0) is 44.1 Å². The van der Waals surface area contributed by atoms with Gasteiger partial charge in [-0.25, -0.2) is 13.1 Å². The number of benzene rings is 1. The summed E-state index contributed by atoms with van der Waals surface area (Å²) in [6.07, 6.45) is 0.791. The first-order valence-electron chi connectivity index (χ1n) is 5.83. The van der Waals surface area contributed by atoms with Crippen LogP contribution in [-0.4, -0.2) is 28.1 Å². The second-order valence-corrected chi connectivity index (χ2v) is 5.69. The Morgan fingerprint density at radius 1 is 1.24 bits per heavy atom. The summed E-state index contributed by atoms with van der Waals surface area (Å²) in [5.74, 6) is 0. The Labute approximate surface area is 103 Å². The van der Waals surface area contributed by atoms with Crippen LogP contribution < -0.4 is 10.0 Å². The maximum absolute atomic E-state index is 11.9. The molecule has 0 aliphatic rings. The van der Waals surface area contributed by atoms with Crippen molar-refractivity contribution in [2.45, 2.75) is 25.2 Å². The Balaban J connectivity index is 2.51. The Morgan fingerprint density at radius 2 is 2.00 bits per heavy atom. The Morgan fingerprint density at radius 3 is 2.65 bits per heavy atom. The summed E-state index contributed by atoms with van der Waals surface area (Å²) < 4.78 is 26.4. The van der Waals surface area contributed by atoms with Gasteiger partial charge in [-0.1, -0.05) is 19.1 Å². The van der Waals surface area contributed by atoms with Crippen LogP contribution in [0.15, 0.2) is 29.2 Å². The van der Waals surface area contributed by atoms with Gasteiger partial charge in [0.15, 0.2) is 0 Å². The van der Waals surface area contributed by atoms with Gasteiger partial charge < -0.3 is 5.32 Å². The van der Waals surface area contributed by atoms with Crippen molar-refractivity contribution >= 4 is 10.0 Å². The van der Waals surface area contributed by atoms with Crippen LogP contribution in [0.1, 0.15) is 18.9 Å². The minimum Gasteiger partial charge on any atom is -0.317 e.